The summed E-state index contributed by atoms with van der Waals surface area (Å²) in [5, 5.41) is 24.7. The number of nitrogens with zero attached hydrogens (tertiary/aromatic N) is 6. The third-order valence-corrected chi connectivity index (χ3v) is 7.26. The first-order valence-electron chi connectivity index (χ1n) is 14.7. The Morgan fingerprint density at radius 3 is 2.45 bits per heavy atom. The molecule has 2 heterocycles. The van der Waals surface area contributed by atoms with Crippen molar-refractivity contribution in [2.75, 3.05) is 58.2 Å². The lowest BCUT2D eigenvalue weighted by atomic mass is 10.1. The smallest absolute Gasteiger partial charge is 0.294 e. The maximum Gasteiger partial charge on any atom is 0.294 e. The largest absolute Gasteiger partial charge is 0.508 e. The van der Waals surface area contributed by atoms with Crippen LogP contribution in [0.25, 0.3) is 22.6 Å². The molecule has 0 fully saturated rings. The fraction of sp³-hybridized carbons (Fsp3) is 0.242. The molecule has 3 aromatic carbocycles. The van der Waals surface area contributed by atoms with Crippen molar-refractivity contribution >= 4 is 23.0 Å². The first-order valence-corrected chi connectivity index (χ1v) is 14.7. The third kappa shape index (κ3) is 8.10. The summed E-state index contributed by atoms with van der Waals surface area (Å²) in [5.41, 5.74) is 2.90. The molecule has 0 saturated heterocycles. The molecule has 244 valence electrons. The number of aromatic hydroxyl groups is 1. The number of H-pyrrole nitrogens is 1. The van der Waals surface area contributed by atoms with Crippen molar-refractivity contribution in [2.45, 2.75) is 6.42 Å². The molecule has 0 unspecified atom stereocenters. The summed E-state index contributed by atoms with van der Waals surface area (Å²) in [7, 11) is 7.15. The number of nitrogens with one attached hydrogen (secondary N) is 2. The fourth-order valence-corrected chi connectivity index (χ4v) is 4.78. The van der Waals surface area contributed by atoms with Crippen molar-refractivity contribution < 1.29 is 23.9 Å². The molecule has 14 heteroatoms. The number of benzene rings is 3. The van der Waals surface area contributed by atoms with Crippen LogP contribution in [-0.2, 0) is 6.42 Å². The van der Waals surface area contributed by atoms with Gasteiger partial charge in [-0.2, -0.15) is 0 Å². The third-order valence-electron chi connectivity index (χ3n) is 7.26. The second-order valence-corrected chi connectivity index (χ2v) is 10.9. The zero-order chi connectivity index (χ0) is 33.5. The topological polar surface area (TPSA) is 155 Å². The van der Waals surface area contributed by atoms with Gasteiger partial charge in [-0.3, -0.25) is 10.1 Å². The molecule has 47 heavy (non-hydrogen) atoms. The van der Waals surface area contributed by atoms with Gasteiger partial charge >= 0.3 is 0 Å². The molecule has 0 atom stereocenters. The standard InChI is InChI=1S/C33H35FN8O5/c1-40(2)16-17-41(3)27-20-29(46-4)26(19-28(27)42(44)45)37-33-35-15-13-25(36-33)32-31(21-5-7-22(34)8-6-21)38-30(39-32)14-18-47-24-11-9-23(43)10-12-24/h5-13,15,19-20,43H,14,16-18H2,1-4H3,(H,38,39)(H,35,36,37). The highest BCUT2D eigenvalue weighted by Crippen LogP contribution is 2.39. The number of rotatable bonds is 14. The van der Waals surface area contributed by atoms with Crippen LogP contribution in [0.15, 0.2) is 72.9 Å². The SMILES string of the molecule is COc1cc(N(C)CCN(C)C)c([N+](=O)[O-])cc1Nc1nccc(-c2[nH]c(CCOc3ccc(O)cc3)nc2-c2ccc(F)cc2)n1. The number of methoxy groups -OCH3 is 1. The number of halogens is 1. The normalized spacial score (nSPS) is 11.0. The first-order chi connectivity index (χ1) is 22.6. The van der Waals surface area contributed by atoms with E-state index in [-0.39, 0.29) is 23.2 Å². The average Bonchev–Trinajstić information content (AvgIpc) is 3.49. The molecule has 0 amide bonds. The van der Waals surface area contributed by atoms with E-state index in [1.807, 2.05) is 23.9 Å². The number of nitro groups is 1. The molecule has 0 spiro atoms. The second-order valence-electron chi connectivity index (χ2n) is 10.9. The Kier molecular flexibility index (Phi) is 10.1. The maximum absolute atomic E-state index is 13.8. The molecule has 3 N–H and O–H groups in total. The van der Waals surface area contributed by atoms with Crippen LogP contribution < -0.4 is 19.7 Å². The number of anilines is 3. The zero-order valence-electron chi connectivity index (χ0n) is 26.4. The summed E-state index contributed by atoms with van der Waals surface area (Å²) >= 11 is 0. The Labute approximate surface area is 270 Å². The lowest BCUT2D eigenvalue weighted by Gasteiger charge is -2.22. The molecular weight excluding hydrogens is 607 g/mol. The summed E-state index contributed by atoms with van der Waals surface area (Å²) in [6.07, 6.45) is 1.97. The van der Waals surface area contributed by atoms with Gasteiger partial charge in [0.05, 0.1) is 41.4 Å². The van der Waals surface area contributed by atoms with E-state index in [9.17, 15) is 19.6 Å². The Bertz CT molecular complexity index is 1830. The highest BCUT2D eigenvalue weighted by molar-refractivity contribution is 5.79. The number of likely N-dealkylation sites (N-methyl/N-ethyl adjacent to an activating group) is 2. The average molecular weight is 643 g/mol. The Morgan fingerprint density at radius 2 is 1.77 bits per heavy atom. The van der Waals surface area contributed by atoms with Crippen molar-refractivity contribution in [3.05, 3.63) is 94.7 Å². The predicted octanol–water partition coefficient (Wildman–Crippen LogP) is 5.66. The molecule has 0 bridgehead atoms. The Hall–Kier alpha value is -5.76. The van der Waals surface area contributed by atoms with Crippen LogP contribution >= 0.6 is 0 Å². The van der Waals surface area contributed by atoms with Crippen molar-refractivity contribution in [3.8, 4) is 39.9 Å². The molecule has 0 aliphatic carbocycles. The highest BCUT2D eigenvalue weighted by Gasteiger charge is 2.23. The van der Waals surface area contributed by atoms with Crippen molar-refractivity contribution in [2.24, 2.45) is 0 Å². The number of hydrogen-bond donors (Lipinski definition) is 3. The van der Waals surface area contributed by atoms with Crippen LogP contribution in [0.4, 0.5) is 27.4 Å². The van der Waals surface area contributed by atoms with E-state index in [0.29, 0.717) is 77.5 Å². The Morgan fingerprint density at radius 1 is 1.02 bits per heavy atom. The summed E-state index contributed by atoms with van der Waals surface area (Å²) in [5.74, 6) is 1.52. The maximum atomic E-state index is 13.8. The van der Waals surface area contributed by atoms with E-state index in [0.717, 1.165) is 0 Å². The minimum absolute atomic E-state index is 0.1000. The summed E-state index contributed by atoms with van der Waals surface area (Å²) in [6, 6.07) is 17.1. The van der Waals surface area contributed by atoms with Gasteiger partial charge in [0.2, 0.25) is 5.95 Å². The number of hydrogen-bond acceptors (Lipinski definition) is 11. The summed E-state index contributed by atoms with van der Waals surface area (Å²) in [6.45, 7) is 1.58. The van der Waals surface area contributed by atoms with Gasteiger partial charge in [-0.25, -0.2) is 19.3 Å². The molecule has 13 nitrogen and oxygen atoms in total. The van der Waals surface area contributed by atoms with Crippen LogP contribution in [-0.4, -0.2) is 82.8 Å². The lowest BCUT2D eigenvalue weighted by molar-refractivity contribution is -0.384. The van der Waals surface area contributed by atoms with Crippen LogP contribution in [0.3, 0.4) is 0 Å². The first kappa shape index (κ1) is 32.6. The predicted molar refractivity (Wildman–Crippen MR) is 177 cm³/mol. The van der Waals surface area contributed by atoms with Gasteiger partial charge in [0.15, 0.2) is 0 Å². The number of imidazole rings is 1. The monoisotopic (exact) mass is 642 g/mol. The molecule has 0 saturated carbocycles. The summed E-state index contributed by atoms with van der Waals surface area (Å²) < 4.78 is 25.2. The molecule has 0 aliphatic rings. The van der Waals surface area contributed by atoms with Gasteiger partial charge in [0.1, 0.15) is 34.6 Å². The number of phenolic OH excluding ortho intramolecular Hbond substituents is 1. The van der Waals surface area contributed by atoms with Gasteiger partial charge in [-0.1, -0.05) is 0 Å². The van der Waals surface area contributed by atoms with Crippen molar-refractivity contribution in [3.63, 3.8) is 0 Å². The van der Waals surface area contributed by atoms with Gasteiger partial charge in [-0.15, -0.1) is 0 Å². The number of aromatic amines is 1. The van der Waals surface area contributed by atoms with Gasteiger partial charge < -0.3 is 34.7 Å². The molecular formula is C33H35FN8O5. The fourth-order valence-electron chi connectivity index (χ4n) is 4.78. The number of phenols is 1. The van der Waals surface area contributed by atoms with Crippen LogP contribution in [0.1, 0.15) is 5.82 Å². The second kappa shape index (κ2) is 14.6. The quantitative estimate of drug-likeness (QED) is 0.102. The van der Waals surface area contributed by atoms with E-state index < -0.39 is 4.92 Å². The molecule has 0 aliphatic heterocycles. The van der Waals surface area contributed by atoms with E-state index in [1.54, 1.807) is 61.8 Å². The van der Waals surface area contributed by atoms with Gasteiger partial charge in [0, 0.05) is 50.5 Å². The minimum Gasteiger partial charge on any atom is -0.508 e. The van der Waals surface area contributed by atoms with Crippen LogP contribution in [0, 0.1) is 15.9 Å². The van der Waals surface area contributed by atoms with Crippen molar-refractivity contribution in [1.29, 1.82) is 0 Å². The van der Waals surface area contributed by atoms with Gasteiger partial charge in [0.25, 0.3) is 5.69 Å². The molecule has 5 aromatic rings. The number of ether oxygens (including phenoxy) is 2. The lowest BCUT2D eigenvalue weighted by Crippen LogP contribution is -2.28. The van der Waals surface area contributed by atoms with E-state index in [2.05, 4.69) is 20.3 Å². The Balaban J connectivity index is 1.44. The minimum atomic E-state index is -0.435. The van der Waals surface area contributed by atoms with E-state index in [1.165, 1.54) is 25.3 Å². The van der Waals surface area contributed by atoms with Crippen LogP contribution in [0.5, 0.6) is 17.2 Å². The van der Waals surface area contributed by atoms with Crippen LogP contribution in [0.2, 0.25) is 0 Å². The van der Waals surface area contributed by atoms with Gasteiger partial charge in [-0.05, 0) is 68.7 Å². The van der Waals surface area contributed by atoms with E-state index >= 15 is 0 Å². The highest BCUT2D eigenvalue weighted by atomic mass is 19.1. The van der Waals surface area contributed by atoms with E-state index in [4.69, 9.17) is 14.5 Å². The molecule has 5 rings (SSSR count). The number of nitro benzene ring substituents is 1. The molecule has 0 radical (unpaired) electrons. The van der Waals surface area contributed by atoms with Crippen molar-refractivity contribution in [1.82, 2.24) is 24.8 Å². The number of aromatic nitrogens is 4. The summed E-state index contributed by atoms with van der Waals surface area (Å²) in [4.78, 5) is 32.6. The molecule has 2 aromatic heterocycles. The zero-order valence-corrected chi connectivity index (χ0v) is 26.4.